The molecule has 0 heterocycles. The zero-order valence-corrected chi connectivity index (χ0v) is 16.0. The molecule has 0 aliphatic rings. The topological polar surface area (TPSA) is 95.0 Å². The third-order valence-electron chi connectivity index (χ3n) is 4.03. The first-order chi connectivity index (χ1) is 12.8. The highest BCUT2D eigenvalue weighted by Gasteiger charge is 2.25. The minimum atomic E-state index is -3.72. The van der Waals surface area contributed by atoms with E-state index in [1.165, 1.54) is 28.6 Å². The Hall–Kier alpha value is -2.71. The van der Waals surface area contributed by atoms with Gasteiger partial charge in [-0.25, -0.2) is 8.42 Å². The van der Waals surface area contributed by atoms with Crippen LogP contribution < -0.4 is 4.90 Å². The van der Waals surface area contributed by atoms with E-state index in [0.717, 1.165) is 4.90 Å². The molecule has 1 amide bonds. The fourth-order valence-corrected chi connectivity index (χ4v) is 4.19. The summed E-state index contributed by atoms with van der Waals surface area (Å²) in [4.78, 5) is 25.2. The molecule has 0 unspecified atom stereocenters. The number of hydrogen-bond donors (Lipinski definition) is 1. The highest BCUT2D eigenvalue weighted by molar-refractivity contribution is 7.89. The first kappa shape index (κ1) is 20.6. The van der Waals surface area contributed by atoms with E-state index in [-0.39, 0.29) is 10.5 Å². The Bertz CT molecular complexity index is 909. The van der Waals surface area contributed by atoms with Crippen LogP contribution in [0.5, 0.6) is 0 Å². The second-order valence-electron chi connectivity index (χ2n) is 5.74. The van der Waals surface area contributed by atoms with Crippen molar-refractivity contribution in [3.63, 3.8) is 0 Å². The highest BCUT2D eigenvalue weighted by atomic mass is 32.2. The second kappa shape index (κ2) is 8.79. The van der Waals surface area contributed by atoms with Crippen molar-refractivity contribution in [2.75, 3.05) is 24.5 Å². The Morgan fingerprint density at radius 2 is 1.59 bits per heavy atom. The number of carboxylic acid groups (broad SMARTS) is 1. The number of amides is 1. The van der Waals surface area contributed by atoms with E-state index in [2.05, 4.69) is 0 Å². The molecule has 1 N–H and O–H groups in total. The number of carbonyl (C=O) groups is 2. The molecule has 0 atom stereocenters. The lowest BCUT2D eigenvalue weighted by Crippen LogP contribution is -2.36. The molecule has 2 aromatic carbocycles. The number of rotatable bonds is 8. The van der Waals surface area contributed by atoms with E-state index in [1.54, 1.807) is 44.2 Å². The van der Waals surface area contributed by atoms with Gasteiger partial charge < -0.3 is 5.11 Å². The highest BCUT2D eigenvalue weighted by Crippen LogP contribution is 2.21. The first-order valence-corrected chi connectivity index (χ1v) is 9.94. The summed E-state index contributed by atoms with van der Waals surface area (Å²) >= 11 is 0. The number of carbonyl (C=O) groups excluding carboxylic acids is 1. The van der Waals surface area contributed by atoms with Crippen molar-refractivity contribution >= 4 is 27.6 Å². The van der Waals surface area contributed by atoms with E-state index in [9.17, 15) is 18.0 Å². The van der Waals surface area contributed by atoms with Gasteiger partial charge in [-0.1, -0.05) is 38.1 Å². The Labute approximate surface area is 158 Å². The zero-order chi connectivity index (χ0) is 20.0. The molecule has 8 heteroatoms. The molecule has 0 bridgehead atoms. The lowest BCUT2D eigenvalue weighted by Gasteiger charge is -2.22. The molecule has 0 radical (unpaired) electrons. The first-order valence-electron chi connectivity index (χ1n) is 8.50. The van der Waals surface area contributed by atoms with Crippen molar-refractivity contribution in [1.29, 1.82) is 0 Å². The van der Waals surface area contributed by atoms with Crippen molar-refractivity contribution in [1.82, 2.24) is 4.31 Å². The minimum Gasteiger partial charge on any atom is -0.480 e. The zero-order valence-electron chi connectivity index (χ0n) is 15.2. The smallest absolute Gasteiger partial charge is 0.323 e. The maximum atomic E-state index is 12.9. The van der Waals surface area contributed by atoms with Crippen molar-refractivity contribution < 1.29 is 23.1 Å². The molecule has 2 rings (SSSR count). The molecule has 7 nitrogen and oxygen atoms in total. The molecular formula is C19H22N2O5S. The lowest BCUT2D eigenvalue weighted by atomic mass is 10.1. The number of anilines is 1. The van der Waals surface area contributed by atoms with E-state index < -0.39 is 28.4 Å². The molecule has 0 aliphatic carbocycles. The summed E-state index contributed by atoms with van der Waals surface area (Å²) in [6, 6.07) is 14.0. The number of hydrogen-bond acceptors (Lipinski definition) is 4. The van der Waals surface area contributed by atoms with Crippen LogP contribution >= 0.6 is 0 Å². The number of sulfonamides is 1. The Kier molecular flexibility index (Phi) is 6.70. The summed E-state index contributed by atoms with van der Waals surface area (Å²) < 4.78 is 26.7. The van der Waals surface area contributed by atoms with Crippen LogP contribution in [0.15, 0.2) is 59.5 Å². The average molecular weight is 390 g/mol. The van der Waals surface area contributed by atoms with Crippen LogP contribution in [0, 0.1) is 0 Å². The maximum Gasteiger partial charge on any atom is 0.323 e. The molecule has 0 saturated carbocycles. The fourth-order valence-electron chi connectivity index (χ4n) is 2.68. The number of benzene rings is 2. The van der Waals surface area contributed by atoms with Gasteiger partial charge in [-0.2, -0.15) is 4.31 Å². The van der Waals surface area contributed by atoms with Crippen LogP contribution in [0.25, 0.3) is 0 Å². The monoisotopic (exact) mass is 390 g/mol. The van der Waals surface area contributed by atoms with Crippen LogP contribution in [-0.4, -0.2) is 49.3 Å². The van der Waals surface area contributed by atoms with Gasteiger partial charge in [-0.15, -0.1) is 0 Å². The molecule has 0 aliphatic heterocycles. The molecular weight excluding hydrogens is 368 g/mol. The van der Waals surface area contributed by atoms with Gasteiger partial charge in [0.15, 0.2) is 0 Å². The quantitative estimate of drug-likeness (QED) is 0.747. The van der Waals surface area contributed by atoms with Crippen molar-refractivity contribution in [3.8, 4) is 0 Å². The van der Waals surface area contributed by atoms with Crippen LogP contribution in [-0.2, 0) is 14.8 Å². The van der Waals surface area contributed by atoms with Gasteiger partial charge in [-0.3, -0.25) is 14.5 Å². The maximum absolute atomic E-state index is 12.9. The van der Waals surface area contributed by atoms with Gasteiger partial charge in [0, 0.05) is 24.3 Å². The summed E-state index contributed by atoms with van der Waals surface area (Å²) in [6.45, 7) is 3.56. The third-order valence-corrected chi connectivity index (χ3v) is 6.08. The summed E-state index contributed by atoms with van der Waals surface area (Å²) in [5.41, 5.74) is 0.523. The van der Waals surface area contributed by atoms with Gasteiger partial charge in [0.25, 0.3) is 5.91 Å². The van der Waals surface area contributed by atoms with Gasteiger partial charge in [0.05, 0.1) is 4.90 Å². The predicted molar refractivity (Wildman–Crippen MR) is 102 cm³/mol. The molecule has 0 aromatic heterocycles. The molecule has 0 spiro atoms. The van der Waals surface area contributed by atoms with Crippen LogP contribution in [0.3, 0.4) is 0 Å². The van der Waals surface area contributed by atoms with Crippen LogP contribution in [0.2, 0.25) is 0 Å². The van der Waals surface area contributed by atoms with Crippen LogP contribution in [0.4, 0.5) is 5.69 Å². The molecule has 0 saturated heterocycles. The van der Waals surface area contributed by atoms with Gasteiger partial charge in [-0.05, 0) is 30.3 Å². The van der Waals surface area contributed by atoms with Crippen molar-refractivity contribution in [2.24, 2.45) is 0 Å². The summed E-state index contributed by atoms with van der Waals surface area (Å²) in [6.07, 6.45) is 0. The Morgan fingerprint density at radius 1 is 0.963 bits per heavy atom. The summed E-state index contributed by atoms with van der Waals surface area (Å²) in [5.74, 6) is -1.75. The van der Waals surface area contributed by atoms with Crippen molar-refractivity contribution in [3.05, 3.63) is 60.2 Å². The SMILES string of the molecule is CCN(CC)S(=O)(=O)c1cccc(C(=O)N(CC(=O)O)c2ccccc2)c1. The Morgan fingerprint density at radius 3 is 2.15 bits per heavy atom. The summed E-state index contributed by atoms with van der Waals surface area (Å²) in [5, 5.41) is 9.17. The number of carboxylic acids is 1. The summed E-state index contributed by atoms with van der Waals surface area (Å²) in [7, 11) is -3.72. The van der Waals surface area contributed by atoms with E-state index >= 15 is 0 Å². The van der Waals surface area contributed by atoms with Gasteiger partial charge in [0.1, 0.15) is 6.54 Å². The van der Waals surface area contributed by atoms with E-state index in [4.69, 9.17) is 5.11 Å². The molecule has 144 valence electrons. The van der Waals surface area contributed by atoms with Gasteiger partial charge >= 0.3 is 5.97 Å². The standard InChI is InChI=1S/C19H22N2O5S/c1-3-20(4-2)27(25,26)17-12-8-9-15(13-17)19(24)21(14-18(22)23)16-10-6-5-7-11-16/h5-13H,3-4,14H2,1-2H3,(H,22,23). The van der Waals surface area contributed by atoms with E-state index in [0.29, 0.717) is 18.8 Å². The predicted octanol–water partition coefficient (Wildman–Crippen LogP) is 2.45. The lowest BCUT2D eigenvalue weighted by molar-refractivity contribution is -0.135. The van der Waals surface area contributed by atoms with Crippen molar-refractivity contribution in [2.45, 2.75) is 18.7 Å². The number of nitrogens with zero attached hydrogens (tertiary/aromatic N) is 2. The molecule has 27 heavy (non-hydrogen) atoms. The van der Waals surface area contributed by atoms with Gasteiger partial charge in [0.2, 0.25) is 10.0 Å². The third kappa shape index (κ3) is 4.72. The fraction of sp³-hybridized carbons (Fsp3) is 0.263. The normalized spacial score (nSPS) is 11.4. The van der Waals surface area contributed by atoms with E-state index in [1.807, 2.05) is 0 Å². The Balaban J connectivity index is 2.44. The van der Waals surface area contributed by atoms with Crippen LogP contribution in [0.1, 0.15) is 24.2 Å². The largest absolute Gasteiger partial charge is 0.480 e. The second-order valence-corrected chi connectivity index (χ2v) is 7.68. The molecule has 2 aromatic rings. The average Bonchev–Trinajstić information content (AvgIpc) is 2.67. The minimum absolute atomic E-state index is 0.000358. The molecule has 0 fully saturated rings. The number of aliphatic carboxylic acids is 1. The number of para-hydroxylation sites is 1.